The molecule has 0 unspecified atom stereocenters. The van der Waals surface area contributed by atoms with Crippen LogP contribution >= 0.6 is 0 Å². The van der Waals surface area contributed by atoms with Gasteiger partial charge in [0, 0.05) is 0 Å². The van der Waals surface area contributed by atoms with Crippen molar-refractivity contribution in [3.8, 4) is 0 Å². The van der Waals surface area contributed by atoms with Crippen molar-refractivity contribution in [1.82, 2.24) is 9.80 Å². The van der Waals surface area contributed by atoms with Gasteiger partial charge in [-0.1, -0.05) is 63.2 Å². The van der Waals surface area contributed by atoms with Gasteiger partial charge in [-0.15, -0.1) is 0 Å². The molecule has 0 heterocycles. The summed E-state index contributed by atoms with van der Waals surface area (Å²) in [5.74, 6) is 0. The van der Waals surface area contributed by atoms with Gasteiger partial charge in [-0.3, -0.25) is 9.80 Å². The minimum Gasteiger partial charge on any atom is -0.289 e. The van der Waals surface area contributed by atoms with Crippen molar-refractivity contribution < 1.29 is 0 Å². The number of nitrogens with zero attached hydrogens (tertiary/aromatic N) is 2. The quantitative estimate of drug-likeness (QED) is 0.505. The van der Waals surface area contributed by atoms with Gasteiger partial charge in [0.1, 0.15) is 0 Å². The summed E-state index contributed by atoms with van der Waals surface area (Å²) in [6.45, 7) is 13.6. The van der Waals surface area contributed by atoms with E-state index in [-0.39, 0.29) is 0 Å². The second kappa shape index (κ2) is 9.29. The Kier molecular flexibility index (Phi) is 8.02. The Hall–Kier alpha value is -0.643. The maximum absolute atomic E-state index is 2.59. The fourth-order valence-corrected chi connectivity index (χ4v) is 3.91. The summed E-state index contributed by atoms with van der Waals surface area (Å²) in [6, 6.07) is 12.1. The summed E-state index contributed by atoms with van der Waals surface area (Å²) < 4.78 is 0. The third kappa shape index (κ3) is 5.09. The third-order valence-corrected chi connectivity index (χ3v) is 5.04. The molecule has 0 aliphatic carbocycles. The monoisotopic (exact) mass is 276 g/mol. The van der Waals surface area contributed by atoms with Gasteiger partial charge in [-0.25, -0.2) is 0 Å². The number of rotatable bonds is 9. The average Bonchev–Trinajstić information content (AvgIpc) is 2.47. The summed E-state index contributed by atoms with van der Waals surface area (Å²) in [7, 11) is 0.899. The second-order valence-corrected chi connectivity index (χ2v) is 6.01. The highest BCUT2D eigenvalue weighted by atomic mass is 28.2. The molecule has 0 N–H and O–H groups in total. The Morgan fingerprint density at radius 3 is 1.74 bits per heavy atom. The minimum absolute atomic E-state index is 0.587. The molecule has 0 saturated heterocycles. The van der Waals surface area contributed by atoms with Crippen molar-refractivity contribution >= 4 is 14.7 Å². The van der Waals surface area contributed by atoms with Gasteiger partial charge in [0.05, 0.1) is 15.7 Å². The summed E-state index contributed by atoms with van der Waals surface area (Å²) >= 11 is 0. The van der Waals surface area contributed by atoms with Crippen molar-refractivity contribution in [3.05, 3.63) is 30.3 Å². The molecule has 0 aliphatic heterocycles. The summed E-state index contributed by atoms with van der Waals surface area (Å²) in [4.78, 5) is 5.17. The van der Waals surface area contributed by atoms with Crippen LogP contribution in [0.5, 0.6) is 0 Å². The molecule has 0 saturated carbocycles. The van der Waals surface area contributed by atoms with E-state index >= 15 is 0 Å². The van der Waals surface area contributed by atoms with Gasteiger partial charge in [0.25, 0.3) is 0 Å². The van der Waals surface area contributed by atoms with Crippen molar-refractivity contribution in [2.75, 3.05) is 26.2 Å². The molecule has 106 valence electrons. The highest BCUT2D eigenvalue weighted by molar-refractivity contribution is 6.53. The van der Waals surface area contributed by atoms with Gasteiger partial charge in [0.2, 0.25) is 0 Å². The molecule has 0 spiro atoms. The van der Waals surface area contributed by atoms with Crippen LogP contribution in [0, 0.1) is 0 Å². The molecule has 2 radical (unpaired) electrons. The highest BCUT2D eigenvalue weighted by Gasteiger charge is 2.21. The van der Waals surface area contributed by atoms with E-state index in [1.807, 2.05) is 0 Å². The molecule has 0 atom stereocenters. The molecule has 1 aromatic carbocycles. The van der Waals surface area contributed by atoms with Crippen LogP contribution < -0.4 is 5.19 Å². The van der Waals surface area contributed by atoms with Crippen LogP contribution in [-0.4, -0.2) is 51.7 Å². The Bertz CT molecular complexity index is 309. The summed E-state index contributed by atoms with van der Waals surface area (Å²) in [5, 5.41) is 1.48. The fraction of sp³-hybridized carbons (Fsp3) is 0.625. The molecule has 19 heavy (non-hydrogen) atoms. The van der Waals surface area contributed by atoms with Crippen molar-refractivity contribution in [1.29, 1.82) is 0 Å². The summed E-state index contributed by atoms with van der Waals surface area (Å²) in [6.07, 6.45) is 0.587. The van der Waals surface area contributed by atoms with E-state index in [4.69, 9.17) is 0 Å². The molecule has 3 heteroatoms. The van der Waals surface area contributed by atoms with Crippen LogP contribution in [0.3, 0.4) is 0 Å². The largest absolute Gasteiger partial charge is 0.289 e. The standard InChI is InChI=1S/C16H28N2Si/c1-5-17(6-2)16(18(7-3)8-4)14-19-15-12-10-9-11-13-15/h9-13,16H,5-8,14H2,1-4H3. The first-order valence-corrected chi connectivity index (χ1v) is 8.74. The number of hydrogen-bond acceptors (Lipinski definition) is 2. The Morgan fingerprint density at radius 1 is 0.842 bits per heavy atom. The summed E-state index contributed by atoms with van der Waals surface area (Å²) in [5.41, 5.74) is 0. The van der Waals surface area contributed by atoms with E-state index in [2.05, 4.69) is 67.8 Å². The van der Waals surface area contributed by atoms with Crippen molar-refractivity contribution in [2.45, 2.75) is 39.9 Å². The van der Waals surface area contributed by atoms with E-state index in [1.165, 1.54) is 11.2 Å². The van der Waals surface area contributed by atoms with E-state index in [0.29, 0.717) is 6.17 Å². The molecule has 0 fully saturated rings. The minimum atomic E-state index is 0.587. The zero-order valence-electron chi connectivity index (χ0n) is 12.9. The van der Waals surface area contributed by atoms with Gasteiger partial charge >= 0.3 is 0 Å². The first-order valence-electron chi connectivity index (χ1n) is 7.53. The lowest BCUT2D eigenvalue weighted by Gasteiger charge is -2.38. The molecule has 1 aromatic rings. The van der Waals surface area contributed by atoms with E-state index in [9.17, 15) is 0 Å². The number of hydrogen-bond donors (Lipinski definition) is 0. The lowest BCUT2D eigenvalue weighted by atomic mass is 10.3. The normalized spacial score (nSPS) is 11.7. The fourth-order valence-electron chi connectivity index (χ4n) is 2.54. The van der Waals surface area contributed by atoms with Crippen LogP contribution in [0.25, 0.3) is 0 Å². The molecule has 2 nitrogen and oxygen atoms in total. The van der Waals surface area contributed by atoms with Crippen molar-refractivity contribution in [2.24, 2.45) is 0 Å². The van der Waals surface area contributed by atoms with Crippen LogP contribution in [0.2, 0.25) is 6.04 Å². The lowest BCUT2D eigenvalue weighted by molar-refractivity contribution is 0.0713. The predicted octanol–water partition coefficient (Wildman–Crippen LogP) is 2.44. The Morgan fingerprint density at radius 2 is 1.32 bits per heavy atom. The number of benzene rings is 1. The molecular weight excluding hydrogens is 248 g/mol. The van der Waals surface area contributed by atoms with Gasteiger partial charge in [-0.2, -0.15) is 0 Å². The first kappa shape index (κ1) is 16.4. The van der Waals surface area contributed by atoms with E-state index in [1.54, 1.807) is 0 Å². The molecular formula is C16H28N2Si. The van der Waals surface area contributed by atoms with Gasteiger partial charge in [-0.05, 0) is 32.2 Å². The highest BCUT2D eigenvalue weighted by Crippen LogP contribution is 2.10. The van der Waals surface area contributed by atoms with Crippen molar-refractivity contribution in [3.63, 3.8) is 0 Å². The maximum atomic E-state index is 2.59. The van der Waals surface area contributed by atoms with Crippen LogP contribution in [0.15, 0.2) is 30.3 Å². The SMILES string of the molecule is CCN(CC)C(C[Si]c1ccccc1)N(CC)CC. The van der Waals surface area contributed by atoms with Crippen LogP contribution in [0.1, 0.15) is 27.7 Å². The molecule has 0 bridgehead atoms. The molecule has 0 aliphatic rings. The van der Waals surface area contributed by atoms with E-state index < -0.39 is 0 Å². The second-order valence-electron chi connectivity index (χ2n) is 4.67. The van der Waals surface area contributed by atoms with Crippen LogP contribution in [-0.2, 0) is 0 Å². The Balaban J connectivity index is 2.68. The molecule has 0 amide bonds. The predicted molar refractivity (Wildman–Crippen MR) is 86.3 cm³/mol. The van der Waals surface area contributed by atoms with E-state index in [0.717, 1.165) is 35.7 Å². The maximum Gasteiger partial charge on any atom is 0.0838 e. The topological polar surface area (TPSA) is 6.48 Å². The Labute approximate surface area is 121 Å². The average molecular weight is 277 g/mol. The van der Waals surface area contributed by atoms with Gasteiger partial charge in [0.15, 0.2) is 0 Å². The third-order valence-electron chi connectivity index (χ3n) is 3.73. The zero-order valence-corrected chi connectivity index (χ0v) is 13.9. The molecule has 1 rings (SSSR count). The zero-order chi connectivity index (χ0) is 14.1. The lowest BCUT2D eigenvalue weighted by Crippen LogP contribution is -2.49. The van der Waals surface area contributed by atoms with Gasteiger partial charge < -0.3 is 0 Å². The first-order chi connectivity index (χ1) is 9.26. The smallest absolute Gasteiger partial charge is 0.0838 e. The van der Waals surface area contributed by atoms with Crippen LogP contribution in [0.4, 0.5) is 0 Å². The molecule has 0 aromatic heterocycles.